The maximum atomic E-state index is 6.60. The molecule has 0 fully saturated rings. The van der Waals surface area contributed by atoms with Gasteiger partial charge < -0.3 is 13.9 Å². The van der Waals surface area contributed by atoms with Crippen molar-refractivity contribution in [1.82, 2.24) is 9.47 Å². The second-order valence-corrected chi connectivity index (χ2v) is 13.6. The molecule has 2 aromatic heterocycles. The van der Waals surface area contributed by atoms with E-state index in [2.05, 4.69) is 164 Å². The molecule has 4 heteroatoms. The average Bonchev–Trinajstić information content (AvgIpc) is 3.75. The molecule has 6 aromatic carbocycles. The Labute approximate surface area is 278 Å². The van der Waals surface area contributed by atoms with Gasteiger partial charge in [0.2, 0.25) is 6.29 Å². The summed E-state index contributed by atoms with van der Waals surface area (Å²) in [6.45, 7) is 4.74. The van der Waals surface area contributed by atoms with E-state index >= 15 is 0 Å². The van der Waals surface area contributed by atoms with Crippen molar-refractivity contribution in [3.05, 3.63) is 162 Å². The molecule has 0 amide bonds. The minimum absolute atomic E-state index is 0.185. The van der Waals surface area contributed by atoms with E-state index in [-0.39, 0.29) is 11.7 Å². The van der Waals surface area contributed by atoms with Crippen molar-refractivity contribution in [2.24, 2.45) is 4.99 Å². The highest BCUT2D eigenvalue weighted by molar-refractivity contribution is 6.16. The highest BCUT2D eigenvalue weighted by Crippen LogP contribution is 2.53. The fourth-order valence-corrected chi connectivity index (χ4v) is 8.40. The van der Waals surface area contributed by atoms with Crippen molar-refractivity contribution in [3.8, 4) is 11.1 Å². The van der Waals surface area contributed by atoms with E-state index in [4.69, 9.17) is 9.41 Å². The van der Waals surface area contributed by atoms with Gasteiger partial charge in [-0.15, -0.1) is 0 Å². The van der Waals surface area contributed by atoms with Crippen molar-refractivity contribution < 1.29 is 4.42 Å². The molecule has 4 nitrogen and oxygen atoms in total. The monoisotopic (exact) mass is 619 g/mol. The first-order valence-corrected chi connectivity index (χ1v) is 16.6. The lowest BCUT2D eigenvalue weighted by Crippen LogP contribution is -2.32. The van der Waals surface area contributed by atoms with E-state index in [0.717, 1.165) is 44.5 Å². The van der Waals surface area contributed by atoms with Crippen LogP contribution in [0.5, 0.6) is 0 Å². The third kappa shape index (κ3) is 3.63. The van der Waals surface area contributed by atoms with Crippen LogP contribution < -0.4 is 0 Å². The standard InChI is InChI=1S/C44H33N3O/c1-44(2)35-21-10-7-16-28(35)31-24-25-32-29-17-8-11-22-37(29)47(41(32)40(31)44)43-45-36(27-14-5-4-6-15-27)26-38(46(43)3)34-20-13-19-33-30-18-9-12-23-39(30)48-42(33)34/h4-26,43H,1-3H3. The lowest BCUT2D eigenvalue weighted by molar-refractivity contribution is 0.282. The summed E-state index contributed by atoms with van der Waals surface area (Å²) in [5.74, 6) is 0. The molecule has 1 aliphatic carbocycles. The Morgan fingerprint density at radius 2 is 1.33 bits per heavy atom. The highest BCUT2D eigenvalue weighted by Gasteiger charge is 2.39. The van der Waals surface area contributed by atoms with Gasteiger partial charge in [0.1, 0.15) is 11.2 Å². The van der Waals surface area contributed by atoms with E-state index in [9.17, 15) is 0 Å². The van der Waals surface area contributed by atoms with E-state index in [1.165, 1.54) is 44.1 Å². The van der Waals surface area contributed by atoms with Crippen LogP contribution in [-0.2, 0) is 5.41 Å². The minimum atomic E-state index is -0.353. The number of nitrogens with zero attached hydrogens (tertiary/aromatic N) is 3. The summed E-state index contributed by atoms with van der Waals surface area (Å²) in [4.78, 5) is 7.92. The van der Waals surface area contributed by atoms with Crippen molar-refractivity contribution in [2.75, 3.05) is 7.05 Å². The molecule has 230 valence electrons. The van der Waals surface area contributed by atoms with Gasteiger partial charge in [0, 0.05) is 39.6 Å². The van der Waals surface area contributed by atoms with Crippen LogP contribution in [0, 0.1) is 0 Å². The number of rotatable bonds is 3. The Morgan fingerprint density at radius 3 is 2.21 bits per heavy atom. The molecule has 0 spiro atoms. The average molecular weight is 620 g/mol. The molecule has 10 rings (SSSR count). The summed E-state index contributed by atoms with van der Waals surface area (Å²) in [6.07, 6.45) is 1.87. The molecule has 1 unspecified atom stereocenters. The highest BCUT2D eigenvalue weighted by atomic mass is 16.3. The Kier molecular flexibility index (Phi) is 5.58. The zero-order valence-electron chi connectivity index (χ0n) is 27.1. The second-order valence-electron chi connectivity index (χ2n) is 13.6. The van der Waals surface area contributed by atoms with Gasteiger partial charge in [-0.25, -0.2) is 4.99 Å². The van der Waals surface area contributed by atoms with Crippen LogP contribution in [0.1, 0.15) is 42.4 Å². The van der Waals surface area contributed by atoms with Gasteiger partial charge in [-0.3, -0.25) is 0 Å². The van der Waals surface area contributed by atoms with Crippen molar-refractivity contribution >= 4 is 55.2 Å². The fraction of sp³-hybridized carbons (Fsp3) is 0.114. The number of fused-ring (bicyclic) bond motifs is 10. The first kappa shape index (κ1) is 27.3. The number of hydrogen-bond donors (Lipinski definition) is 0. The summed E-state index contributed by atoms with van der Waals surface area (Å²) in [6, 6.07) is 47.7. The van der Waals surface area contributed by atoms with E-state index in [0.29, 0.717) is 0 Å². The minimum Gasteiger partial charge on any atom is -0.455 e. The van der Waals surface area contributed by atoms with E-state index in [1.54, 1.807) is 0 Å². The fourth-order valence-electron chi connectivity index (χ4n) is 8.40. The Bertz CT molecular complexity index is 2670. The summed E-state index contributed by atoms with van der Waals surface area (Å²) in [5, 5.41) is 4.74. The van der Waals surface area contributed by atoms with Crippen LogP contribution >= 0.6 is 0 Å². The summed E-state index contributed by atoms with van der Waals surface area (Å²) < 4.78 is 9.09. The Morgan fingerprint density at radius 1 is 0.625 bits per heavy atom. The molecule has 1 aliphatic heterocycles. The molecular formula is C44H33N3O. The molecule has 0 N–H and O–H groups in total. The maximum absolute atomic E-state index is 6.60. The number of aliphatic imine (C=N–C) groups is 1. The number of benzene rings is 6. The number of allylic oxidation sites excluding steroid dienone is 1. The Hall–Kier alpha value is -5.87. The third-order valence-electron chi connectivity index (χ3n) is 10.6. The van der Waals surface area contributed by atoms with E-state index < -0.39 is 0 Å². The first-order chi connectivity index (χ1) is 23.5. The van der Waals surface area contributed by atoms with Gasteiger partial charge in [0.05, 0.1) is 22.4 Å². The zero-order chi connectivity index (χ0) is 32.1. The van der Waals surface area contributed by atoms with Crippen LogP contribution in [0.25, 0.3) is 60.6 Å². The quantitative estimate of drug-likeness (QED) is 0.197. The largest absolute Gasteiger partial charge is 0.455 e. The predicted molar refractivity (Wildman–Crippen MR) is 198 cm³/mol. The topological polar surface area (TPSA) is 33.7 Å². The van der Waals surface area contributed by atoms with Gasteiger partial charge in [-0.2, -0.15) is 0 Å². The molecule has 48 heavy (non-hydrogen) atoms. The molecule has 1 atom stereocenters. The first-order valence-electron chi connectivity index (χ1n) is 16.6. The summed E-state index contributed by atoms with van der Waals surface area (Å²) in [5.41, 5.74) is 13.5. The molecule has 0 radical (unpaired) electrons. The van der Waals surface area contributed by atoms with Gasteiger partial charge >= 0.3 is 0 Å². The smallest absolute Gasteiger partial charge is 0.203 e. The molecule has 0 saturated carbocycles. The van der Waals surface area contributed by atoms with Crippen LogP contribution in [0.2, 0.25) is 0 Å². The number of para-hydroxylation sites is 3. The summed E-state index contributed by atoms with van der Waals surface area (Å²) in [7, 11) is 2.17. The number of furan rings is 1. The number of hydrogen-bond acceptors (Lipinski definition) is 3. The molecule has 0 saturated heterocycles. The predicted octanol–water partition coefficient (Wildman–Crippen LogP) is 10.9. The lowest BCUT2D eigenvalue weighted by Gasteiger charge is -2.36. The summed E-state index contributed by atoms with van der Waals surface area (Å²) >= 11 is 0. The van der Waals surface area contributed by atoms with Crippen LogP contribution in [0.3, 0.4) is 0 Å². The van der Waals surface area contributed by atoms with Crippen molar-refractivity contribution in [1.29, 1.82) is 0 Å². The number of aromatic nitrogens is 1. The molecule has 0 bridgehead atoms. The Balaban J connectivity index is 1.28. The third-order valence-corrected chi connectivity index (χ3v) is 10.6. The van der Waals surface area contributed by atoms with Crippen LogP contribution in [0.4, 0.5) is 0 Å². The SMILES string of the molecule is CN1C(c2cccc3c2oc2ccccc23)=CC(c2ccccc2)=NC1n1c2ccccc2c2ccc3c(c21)C(C)(C)c1ccccc1-3. The van der Waals surface area contributed by atoms with Crippen LogP contribution in [-0.4, -0.2) is 22.2 Å². The zero-order valence-corrected chi connectivity index (χ0v) is 27.1. The molecule has 8 aromatic rings. The second kappa shape index (κ2) is 9.82. The molecule has 3 heterocycles. The normalized spacial score (nSPS) is 16.8. The molecule has 2 aliphatic rings. The lowest BCUT2D eigenvalue weighted by atomic mass is 9.81. The van der Waals surface area contributed by atoms with E-state index in [1.807, 2.05) is 6.07 Å². The van der Waals surface area contributed by atoms with Crippen LogP contribution in [0.15, 0.2) is 149 Å². The van der Waals surface area contributed by atoms with Gasteiger partial charge in [-0.05, 0) is 52.1 Å². The van der Waals surface area contributed by atoms with Gasteiger partial charge in [0.25, 0.3) is 0 Å². The van der Waals surface area contributed by atoms with Gasteiger partial charge in [0.15, 0.2) is 0 Å². The maximum Gasteiger partial charge on any atom is 0.203 e. The van der Waals surface area contributed by atoms with Gasteiger partial charge in [-0.1, -0.05) is 129 Å². The van der Waals surface area contributed by atoms with Crippen molar-refractivity contribution in [2.45, 2.75) is 25.6 Å². The molecular weight excluding hydrogens is 587 g/mol. The van der Waals surface area contributed by atoms with Crippen molar-refractivity contribution in [3.63, 3.8) is 0 Å².